The van der Waals surface area contributed by atoms with Crippen molar-refractivity contribution in [1.29, 1.82) is 0 Å². The van der Waals surface area contributed by atoms with Gasteiger partial charge in [-0.15, -0.1) is 0 Å². The van der Waals surface area contributed by atoms with Gasteiger partial charge in [-0.05, 0) is 55.7 Å². The highest BCUT2D eigenvalue weighted by atomic mass is 35.5. The van der Waals surface area contributed by atoms with Gasteiger partial charge in [-0.3, -0.25) is 23.9 Å². The van der Waals surface area contributed by atoms with Crippen LogP contribution in [0, 0.1) is 12.7 Å². The lowest BCUT2D eigenvalue weighted by Gasteiger charge is -2.49. The molecule has 5 heterocycles. The van der Waals surface area contributed by atoms with Crippen molar-refractivity contribution in [1.82, 2.24) is 19.4 Å². The van der Waals surface area contributed by atoms with Crippen LogP contribution in [0.3, 0.4) is 0 Å². The smallest absolute Gasteiger partial charge is 0.354 e. The lowest BCUT2D eigenvalue weighted by atomic mass is 9.98. The van der Waals surface area contributed by atoms with E-state index in [0.717, 1.165) is 12.1 Å². The van der Waals surface area contributed by atoms with Crippen molar-refractivity contribution in [3.8, 4) is 16.9 Å². The number of alkyl halides is 3. The maximum Gasteiger partial charge on any atom is 0.419 e. The number of hydrogen-bond acceptors (Lipinski definition) is 6. The SMILES string of the molecule is C=CC(=O)N1C[C@@H]2C(=O)N(C)c3c(c4cc(Cl)c(-c5cccc(C(F)(F)F)c5F)nc4n(-c4c(C)ccnc4C(C)C)c3=O)N2C[C@H]1C. The number of benzene rings is 1. The molecule has 1 aromatic carbocycles. The molecular weight excluding hydrogens is 652 g/mol. The van der Waals surface area contributed by atoms with E-state index in [9.17, 15) is 27.6 Å². The third kappa shape index (κ3) is 5.02. The van der Waals surface area contributed by atoms with Crippen LogP contribution in [0.15, 0.2) is 54.0 Å². The number of carbonyl (C=O) groups is 2. The van der Waals surface area contributed by atoms with Gasteiger partial charge in [0.2, 0.25) is 5.91 Å². The van der Waals surface area contributed by atoms with E-state index in [4.69, 9.17) is 11.6 Å². The summed E-state index contributed by atoms with van der Waals surface area (Å²) >= 11 is 6.75. The molecule has 0 N–H and O–H groups in total. The summed E-state index contributed by atoms with van der Waals surface area (Å²) in [4.78, 5) is 55.1. The first-order chi connectivity index (χ1) is 22.6. The first kappa shape index (κ1) is 33.1. The summed E-state index contributed by atoms with van der Waals surface area (Å²) in [5.74, 6) is -2.53. The molecule has 4 aromatic rings. The molecule has 2 aliphatic rings. The molecule has 3 aromatic heterocycles. The molecule has 14 heteroatoms. The molecule has 2 amide bonds. The molecule has 0 spiro atoms. The second-order valence-electron chi connectivity index (χ2n) is 12.3. The molecule has 1 fully saturated rings. The number of aromatic nitrogens is 3. The number of pyridine rings is 3. The maximum atomic E-state index is 15.5. The van der Waals surface area contributed by atoms with Gasteiger partial charge in [0.25, 0.3) is 11.5 Å². The number of carbonyl (C=O) groups excluding carboxylic acids is 2. The minimum atomic E-state index is -4.98. The topological polar surface area (TPSA) is 91.6 Å². The minimum absolute atomic E-state index is 0.00706. The maximum absolute atomic E-state index is 15.5. The van der Waals surface area contributed by atoms with E-state index in [1.54, 1.807) is 31.0 Å². The number of rotatable bonds is 4. The number of halogens is 5. The number of anilines is 2. The fourth-order valence-electron chi connectivity index (χ4n) is 6.65. The van der Waals surface area contributed by atoms with Crippen LogP contribution in [-0.2, 0) is 15.8 Å². The fraction of sp³-hybridized carbons (Fsp3) is 0.324. The summed E-state index contributed by atoms with van der Waals surface area (Å²) in [6.45, 7) is 11.1. The second-order valence-corrected chi connectivity index (χ2v) is 12.7. The van der Waals surface area contributed by atoms with Gasteiger partial charge in [-0.1, -0.05) is 38.1 Å². The van der Waals surface area contributed by atoms with Crippen LogP contribution in [0.4, 0.5) is 28.9 Å². The Morgan fingerprint density at radius 1 is 1.12 bits per heavy atom. The molecule has 48 heavy (non-hydrogen) atoms. The Labute approximate surface area is 278 Å². The number of hydrogen-bond donors (Lipinski definition) is 0. The highest BCUT2D eigenvalue weighted by Gasteiger charge is 2.46. The van der Waals surface area contributed by atoms with Crippen LogP contribution in [0.25, 0.3) is 28.0 Å². The molecule has 9 nitrogen and oxygen atoms in total. The molecule has 2 aliphatic heterocycles. The van der Waals surface area contributed by atoms with E-state index in [1.165, 1.54) is 33.6 Å². The zero-order valence-corrected chi connectivity index (χ0v) is 27.4. The summed E-state index contributed by atoms with van der Waals surface area (Å²) in [6, 6.07) is 4.67. The van der Waals surface area contributed by atoms with E-state index in [1.807, 2.05) is 13.8 Å². The van der Waals surface area contributed by atoms with Crippen molar-refractivity contribution in [2.24, 2.45) is 0 Å². The van der Waals surface area contributed by atoms with E-state index < -0.39 is 46.7 Å². The predicted octanol–water partition coefficient (Wildman–Crippen LogP) is 6.26. The Morgan fingerprint density at radius 2 is 1.83 bits per heavy atom. The summed E-state index contributed by atoms with van der Waals surface area (Å²) in [5, 5.41) is 0.119. The Morgan fingerprint density at radius 3 is 2.48 bits per heavy atom. The molecule has 0 saturated carbocycles. The molecule has 1 saturated heterocycles. The fourth-order valence-corrected chi connectivity index (χ4v) is 6.91. The average molecular weight is 683 g/mol. The van der Waals surface area contributed by atoms with Gasteiger partial charge in [0.05, 0.1) is 39.9 Å². The lowest BCUT2D eigenvalue weighted by Crippen LogP contribution is -2.66. The molecular formula is C34H31ClF4N6O3. The van der Waals surface area contributed by atoms with Gasteiger partial charge in [0, 0.05) is 36.8 Å². The second kappa shape index (κ2) is 11.7. The summed E-state index contributed by atoms with van der Waals surface area (Å²) in [7, 11) is 1.47. The van der Waals surface area contributed by atoms with Crippen LogP contribution < -0.4 is 15.4 Å². The van der Waals surface area contributed by atoms with Crippen LogP contribution in [0.2, 0.25) is 5.02 Å². The molecule has 0 radical (unpaired) electrons. The molecule has 6 rings (SSSR count). The third-order valence-corrected chi connectivity index (χ3v) is 9.26. The minimum Gasteiger partial charge on any atom is -0.354 e. The normalized spacial score (nSPS) is 18.0. The third-order valence-electron chi connectivity index (χ3n) is 8.97. The Hall–Kier alpha value is -4.78. The highest BCUT2D eigenvalue weighted by molar-refractivity contribution is 6.34. The standard InChI is InChI=1S/C34H31ClF4N6O3/c1-7-24(46)43-15-23-32(47)42(6)30-29(44(23)14-18(43)5)20-13-22(35)27(19-9-8-10-21(25(19)36)34(37,38)39)41-31(20)45(33(30)48)28-17(4)11-12-40-26(28)16(2)3/h7-13,16,18,23H,1,14-15H2,2-6H3/t18-,23-/m1/s1. The van der Waals surface area contributed by atoms with Gasteiger partial charge < -0.3 is 14.7 Å². The molecule has 0 unspecified atom stereocenters. The highest BCUT2D eigenvalue weighted by Crippen LogP contribution is 2.45. The Kier molecular flexibility index (Phi) is 8.09. The zero-order chi connectivity index (χ0) is 35.0. The van der Waals surface area contributed by atoms with E-state index >= 15 is 4.39 Å². The van der Waals surface area contributed by atoms with Gasteiger partial charge in [-0.25, -0.2) is 9.37 Å². The summed E-state index contributed by atoms with van der Waals surface area (Å²) in [5.41, 5.74) is -1.11. The largest absolute Gasteiger partial charge is 0.419 e. The number of nitrogens with zero attached hydrogens (tertiary/aromatic N) is 6. The van der Waals surface area contributed by atoms with Crippen molar-refractivity contribution in [3.63, 3.8) is 0 Å². The summed E-state index contributed by atoms with van der Waals surface area (Å²) in [6.07, 6.45) is -2.22. The van der Waals surface area contributed by atoms with Crippen molar-refractivity contribution in [2.75, 3.05) is 29.9 Å². The Bertz CT molecular complexity index is 2100. The van der Waals surface area contributed by atoms with Crippen LogP contribution >= 0.6 is 11.6 Å². The van der Waals surface area contributed by atoms with Gasteiger partial charge in [0.15, 0.2) is 0 Å². The quantitative estimate of drug-likeness (QED) is 0.187. The van der Waals surface area contributed by atoms with E-state index in [-0.39, 0.29) is 47.0 Å². The number of amides is 2. The molecule has 0 bridgehead atoms. The van der Waals surface area contributed by atoms with Crippen LogP contribution in [0.1, 0.15) is 43.5 Å². The van der Waals surface area contributed by atoms with Crippen molar-refractivity contribution in [2.45, 2.75) is 51.9 Å². The molecule has 250 valence electrons. The number of likely N-dealkylation sites (N-methyl/N-ethyl adjacent to an activating group) is 1. The lowest BCUT2D eigenvalue weighted by molar-refractivity contribution is -0.140. The first-order valence-corrected chi connectivity index (χ1v) is 15.5. The van der Waals surface area contributed by atoms with Crippen molar-refractivity contribution < 1.29 is 27.2 Å². The number of aryl methyl sites for hydroxylation is 1. The first-order valence-electron chi connectivity index (χ1n) is 15.2. The summed E-state index contributed by atoms with van der Waals surface area (Å²) < 4.78 is 58.0. The molecule has 0 aliphatic carbocycles. The van der Waals surface area contributed by atoms with Crippen molar-refractivity contribution in [3.05, 3.63) is 87.2 Å². The van der Waals surface area contributed by atoms with Crippen LogP contribution in [0.5, 0.6) is 0 Å². The van der Waals surface area contributed by atoms with Crippen molar-refractivity contribution >= 4 is 45.8 Å². The molecule has 2 atom stereocenters. The van der Waals surface area contributed by atoms with Gasteiger partial charge in [-0.2, -0.15) is 13.2 Å². The Balaban J connectivity index is 1.75. The average Bonchev–Trinajstić information content (AvgIpc) is 3.02. The van der Waals surface area contributed by atoms with Crippen LogP contribution in [-0.4, -0.2) is 63.5 Å². The monoisotopic (exact) mass is 682 g/mol. The zero-order valence-electron chi connectivity index (χ0n) is 26.7. The van der Waals surface area contributed by atoms with Gasteiger partial charge >= 0.3 is 6.18 Å². The number of piperazine rings is 1. The van der Waals surface area contributed by atoms with E-state index in [2.05, 4.69) is 16.5 Å². The predicted molar refractivity (Wildman–Crippen MR) is 175 cm³/mol. The number of fused-ring (bicyclic) bond motifs is 5. The van der Waals surface area contributed by atoms with Gasteiger partial charge in [0.1, 0.15) is 23.2 Å². The van der Waals surface area contributed by atoms with E-state index in [0.29, 0.717) is 34.1 Å².